The summed E-state index contributed by atoms with van der Waals surface area (Å²) in [6, 6.07) is 29.0. The Bertz CT molecular complexity index is 1200. The summed E-state index contributed by atoms with van der Waals surface area (Å²) in [6.45, 7) is 4.02. The molecule has 0 aromatic heterocycles. The molecule has 2 aliphatic rings. The summed E-state index contributed by atoms with van der Waals surface area (Å²) in [6.07, 6.45) is -1.74. The fraction of sp³-hybridized carbons (Fsp3) is 0.333. The number of benzene rings is 3. The summed E-state index contributed by atoms with van der Waals surface area (Å²) in [4.78, 5) is 13.0. The predicted octanol–water partition coefficient (Wildman–Crippen LogP) is 5.58. The smallest absolute Gasteiger partial charge is 0.351 e. The normalized spacial score (nSPS) is 24.4. The van der Waals surface area contributed by atoms with Crippen molar-refractivity contribution in [2.45, 2.75) is 56.9 Å². The fourth-order valence-electron chi connectivity index (χ4n) is 4.65. The van der Waals surface area contributed by atoms with Crippen LogP contribution >= 0.6 is 15.9 Å². The van der Waals surface area contributed by atoms with Crippen molar-refractivity contribution in [3.05, 3.63) is 96.6 Å². The van der Waals surface area contributed by atoms with Crippen molar-refractivity contribution in [3.8, 4) is 0 Å². The van der Waals surface area contributed by atoms with Crippen molar-refractivity contribution in [1.82, 2.24) is 0 Å². The molecule has 39 heavy (non-hydrogen) atoms. The van der Waals surface area contributed by atoms with Gasteiger partial charge in [-0.25, -0.2) is 9.80 Å². The Labute approximate surface area is 236 Å². The first-order valence-electron chi connectivity index (χ1n) is 12.8. The van der Waals surface area contributed by atoms with Gasteiger partial charge in [-0.3, -0.25) is 0 Å². The third kappa shape index (κ3) is 6.74. The molecule has 0 spiro atoms. The highest BCUT2D eigenvalue weighted by Gasteiger charge is 2.57. The molecule has 204 valence electrons. The maximum absolute atomic E-state index is 13.0. The molecular formula is C30H31BrN2O6. The quantitative estimate of drug-likeness (QED) is 0.131. The van der Waals surface area contributed by atoms with Gasteiger partial charge in [0.25, 0.3) is 0 Å². The van der Waals surface area contributed by atoms with Crippen molar-refractivity contribution in [1.29, 1.82) is 0 Å². The van der Waals surface area contributed by atoms with Crippen LogP contribution in [0.15, 0.2) is 96.1 Å². The van der Waals surface area contributed by atoms with Crippen LogP contribution in [0.4, 0.5) is 11.4 Å². The Kier molecular flexibility index (Phi) is 8.74. The topological polar surface area (TPSA) is 78.8 Å². The molecule has 2 heterocycles. The van der Waals surface area contributed by atoms with Gasteiger partial charge in [0, 0.05) is 5.33 Å². The molecule has 3 aromatic carbocycles. The summed E-state index contributed by atoms with van der Waals surface area (Å²) >= 11 is 3.48. The second-order valence-corrected chi connectivity index (χ2v) is 10.3. The van der Waals surface area contributed by atoms with Crippen LogP contribution in [0.25, 0.3) is 0 Å². The van der Waals surface area contributed by atoms with Gasteiger partial charge in [0.1, 0.15) is 30.6 Å². The molecule has 9 heteroatoms. The minimum absolute atomic E-state index is 0.326. The lowest BCUT2D eigenvalue weighted by Crippen LogP contribution is -2.45. The average molecular weight is 595 g/mol. The fourth-order valence-corrected chi connectivity index (χ4v) is 5.15. The maximum atomic E-state index is 13.0. The van der Waals surface area contributed by atoms with E-state index in [1.165, 1.54) is 6.21 Å². The van der Waals surface area contributed by atoms with Gasteiger partial charge in [0.05, 0.1) is 18.0 Å². The summed E-state index contributed by atoms with van der Waals surface area (Å²) in [5, 5.41) is 6.45. The number of alkyl halides is 1. The molecule has 0 saturated carbocycles. The Morgan fingerprint density at radius 1 is 0.974 bits per heavy atom. The molecule has 8 nitrogen and oxygen atoms in total. The minimum atomic E-state index is -0.805. The van der Waals surface area contributed by atoms with E-state index in [1.54, 1.807) is 5.01 Å². The van der Waals surface area contributed by atoms with E-state index in [1.807, 2.05) is 105 Å². The van der Waals surface area contributed by atoms with Gasteiger partial charge in [-0.2, -0.15) is 5.10 Å². The highest BCUT2D eigenvalue weighted by Crippen LogP contribution is 2.40. The Morgan fingerprint density at radius 3 is 2.15 bits per heavy atom. The predicted molar refractivity (Wildman–Crippen MR) is 151 cm³/mol. The number of ether oxygens (including phenoxy) is 5. The van der Waals surface area contributed by atoms with Gasteiger partial charge >= 0.3 is 5.97 Å². The summed E-state index contributed by atoms with van der Waals surface area (Å²) in [7, 11) is 0. The van der Waals surface area contributed by atoms with Crippen LogP contribution in [-0.2, 0) is 35.1 Å². The molecular weight excluding hydrogens is 564 g/mol. The van der Waals surface area contributed by atoms with Gasteiger partial charge in [0.15, 0.2) is 12.1 Å². The lowest BCUT2D eigenvalue weighted by Gasteiger charge is -2.29. The first-order chi connectivity index (χ1) is 18.9. The standard InChI is InChI=1S/C30H31BrN2O6/c1-30(2)38-28-27(35-20-21-12-6-3-7-13-21)26(37-29(28)39-30)24(18-31)36-25(34)19-32-33(22-14-8-4-9-15-22)23-16-10-5-11-17-23/h3-17,19,24,26-29H,18,20H2,1-2H3/b32-19+/t24-,26-,27+,28-,29-/m1/s1. The van der Waals surface area contributed by atoms with E-state index < -0.39 is 42.5 Å². The number of esters is 1. The van der Waals surface area contributed by atoms with Crippen molar-refractivity contribution < 1.29 is 28.5 Å². The lowest BCUT2D eigenvalue weighted by molar-refractivity contribution is -0.230. The Hall–Kier alpha value is -3.08. The molecule has 0 bridgehead atoms. The second kappa shape index (κ2) is 12.4. The third-order valence-electron chi connectivity index (χ3n) is 6.38. The molecule has 5 rings (SSSR count). The molecule has 2 fully saturated rings. The number of fused-ring (bicyclic) bond motifs is 1. The van der Waals surface area contributed by atoms with Crippen molar-refractivity contribution in [3.63, 3.8) is 0 Å². The van der Waals surface area contributed by atoms with Crippen LogP contribution in [0.3, 0.4) is 0 Å². The van der Waals surface area contributed by atoms with Gasteiger partial charge in [-0.15, -0.1) is 0 Å². The number of anilines is 2. The Morgan fingerprint density at radius 2 is 1.56 bits per heavy atom. The number of nitrogens with zero attached hydrogens (tertiary/aromatic N) is 2. The van der Waals surface area contributed by atoms with Gasteiger partial charge in [-0.05, 0) is 43.7 Å². The number of hydrazone groups is 1. The van der Waals surface area contributed by atoms with E-state index in [9.17, 15) is 4.79 Å². The summed E-state index contributed by atoms with van der Waals surface area (Å²) in [5.74, 6) is -1.42. The maximum Gasteiger partial charge on any atom is 0.351 e. The lowest BCUT2D eigenvalue weighted by atomic mass is 10.1. The van der Waals surface area contributed by atoms with Crippen LogP contribution in [0.5, 0.6) is 0 Å². The first-order valence-corrected chi connectivity index (χ1v) is 13.9. The molecule has 0 aliphatic carbocycles. The number of para-hydroxylation sites is 2. The van der Waals surface area contributed by atoms with Gasteiger partial charge in [-0.1, -0.05) is 82.7 Å². The molecule has 0 amide bonds. The average Bonchev–Trinajstić information content (AvgIpc) is 3.43. The number of rotatable bonds is 10. The molecule has 3 aromatic rings. The molecule has 2 aliphatic heterocycles. The van der Waals surface area contributed by atoms with E-state index in [0.29, 0.717) is 11.9 Å². The third-order valence-corrected chi connectivity index (χ3v) is 7.02. The van der Waals surface area contributed by atoms with Gasteiger partial charge < -0.3 is 23.7 Å². The zero-order valence-corrected chi connectivity index (χ0v) is 23.3. The minimum Gasteiger partial charge on any atom is -0.454 e. The van der Waals surface area contributed by atoms with Crippen LogP contribution in [0.1, 0.15) is 19.4 Å². The van der Waals surface area contributed by atoms with Crippen molar-refractivity contribution in [2.75, 3.05) is 10.3 Å². The zero-order chi connectivity index (χ0) is 27.2. The summed E-state index contributed by atoms with van der Waals surface area (Å²) < 4.78 is 30.4. The molecule has 0 unspecified atom stereocenters. The van der Waals surface area contributed by atoms with E-state index >= 15 is 0 Å². The summed E-state index contributed by atoms with van der Waals surface area (Å²) in [5.41, 5.74) is 2.63. The van der Waals surface area contributed by atoms with E-state index in [-0.39, 0.29) is 0 Å². The van der Waals surface area contributed by atoms with Crippen LogP contribution in [0.2, 0.25) is 0 Å². The monoisotopic (exact) mass is 594 g/mol. The number of carbonyl (C=O) groups excluding carboxylic acids is 1. The second-order valence-electron chi connectivity index (χ2n) is 9.69. The SMILES string of the molecule is CC1(C)O[C@H]2O[C@H]([C@@H](CBr)OC(=O)/C=N/N(c3ccccc3)c3ccccc3)[C@H](OCc3ccccc3)[C@H]2O1. The van der Waals surface area contributed by atoms with Crippen molar-refractivity contribution in [2.24, 2.45) is 5.10 Å². The molecule has 2 saturated heterocycles. The molecule has 5 atom stereocenters. The molecule has 0 N–H and O–H groups in total. The number of carbonyl (C=O) groups is 1. The highest BCUT2D eigenvalue weighted by atomic mass is 79.9. The largest absolute Gasteiger partial charge is 0.454 e. The van der Waals surface area contributed by atoms with Gasteiger partial charge in [0.2, 0.25) is 0 Å². The van der Waals surface area contributed by atoms with Crippen LogP contribution < -0.4 is 5.01 Å². The van der Waals surface area contributed by atoms with Crippen LogP contribution in [-0.4, -0.2) is 54.0 Å². The van der Waals surface area contributed by atoms with E-state index in [4.69, 9.17) is 23.7 Å². The van der Waals surface area contributed by atoms with Crippen LogP contribution in [0, 0.1) is 0 Å². The Balaban J connectivity index is 1.30. The number of hydrogen-bond donors (Lipinski definition) is 0. The first kappa shape index (κ1) is 27.5. The number of halogens is 1. The zero-order valence-electron chi connectivity index (χ0n) is 21.8. The highest BCUT2D eigenvalue weighted by molar-refractivity contribution is 9.09. The van der Waals surface area contributed by atoms with E-state index in [0.717, 1.165) is 16.9 Å². The van der Waals surface area contributed by atoms with E-state index in [2.05, 4.69) is 21.0 Å². The number of hydrogen-bond acceptors (Lipinski definition) is 8. The van der Waals surface area contributed by atoms with Crippen molar-refractivity contribution >= 4 is 39.5 Å². The molecule has 0 radical (unpaired) electrons.